The zero-order valence-electron chi connectivity index (χ0n) is 12.9. The van der Waals surface area contributed by atoms with E-state index in [2.05, 4.69) is 25.3 Å². The Bertz CT molecular complexity index is 628. The van der Waals surface area contributed by atoms with Crippen LogP contribution in [-0.2, 0) is 22.5 Å². The number of rotatable bonds is 7. The lowest BCUT2D eigenvalue weighted by Crippen LogP contribution is -2.32. The van der Waals surface area contributed by atoms with E-state index in [1.54, 1.807) is 18.9 Å². The van der Waals surface area contributed by atoms with Crippen LogP contribution >= 0.6 is 11.8 Å². The van der Waals surface area contributed by atoms with Crippen LogP contribution < -0.4 is 5.32 Å². The smallest absolute Gasteiger partial charge is 0.246 e. The Hall–Kier alpha value is -1.87. The zero-order chi connectivity index (χ0) is 16.1. The van der Waals surface area contributed by atoms with Crippen molar-refractivity contribution in [1.29, 1.82) is 0 Å². The number of ether oxygens (including phenoxy) is 1. The number of fused-ring (bicyclic) bond motifs is 1. The van der Waals surface area contributed by atoms with Gasteiger partial charge in [-0.2, -0.15) is 4.98 Å². The molecule has 23 heavy (non-hydrogen) atoms. The Morgan fingerprint density at radius 2 is 2.48 bits per heavy atom. The molecule has 9 heteroatoms. The van der Waals surface area contributed by atoms with Gasteiger partial charge in [0.2, 0.25) is 11.8 Å². The molecule has 0 saturated carbocycles. The second kappa shape index (κ2) is 7.60. The molecule has 0 fully saturated rings. The van der Waals surface area contributed by atoms with Gasteiger partial charge in [-0.3, -0.25) is 9.79 Å². The molecular weight excluding hydrogens is 318 g/mol. The van der Waals surface area contributed by atoms with Crippen LogP contribution in [0, 0.1) is 0 Å². The predicted molar refractivity (Wildman–Crippen MR) is 85.6 cm³/mol. The number of hydrogen-bond acceptors (Lipinski definition) is 8. The van der Waals surface area contributed by atoms with Crippen LogP contribution in [0.5, 0.6) is 0 Å². The first-order chi connectivity index (χ1) is 11.3. The van der Waals surface area contributed by atoms with Crippen LogP contribution in [0.4, 0.5) is 0 Å². The van der Waals surface area contributed by atoms with E-state index >= 15 is 0 Å². The van der Waals surface area contributed by atoms with Gasteiger partial charge in [0.1, 0.15) is 0 Å². The number of aromatic nitrogens is 2. The molecule has 3 rings (SSSR count). The lowest BCUT2D eigenvalue weighted by molar-refractivity contribution is -0.120. The van der Waals surface area contributed by atoms with Gasteiger partial charge >= 0.3 is 0 Å². The minimum Gasteiger partial charge on any atom is -0.384 e. The SMILES string of the molecule is COCCc1noc(CNC(=O)CC2=CSC3=NCCCN23)n1. The van der Waals surface area contributed by atoms with Gasteiger partial charge in [-0.15, -0.1) is 0 Å². The van der Waals surface area contributed by atoms with Gasteiger partial charge in [-0.25, -0.2) is 0 Å². The Balaban J connectivity index is 1.46. The molecule has 124 valence electrons. The van der Waals surface area contributed by atoms with Crippen molar-refractivity contribution in [2.24, 2.45) is 4.99 Å². The number of amides is 1. The standard InChI is InChI=1S/C14H19N5O3S/c1-21-6-3-11-17-13(22-18-11)8-16-12(20)7-10-9-23-14-15-4-2-5-19(10)14/h9H,2-8H2,1H3,(H,16,20). The third kappa shape index (κ3) is 4.11. The molecule has 8 nitrogen and oxygen atoms in total. The number of methoxy groups -OCH3 is 1. The minimum atomic E-state index is -0.0692. The summed E-state index contributed by atoms with van der Waals surface area (Å²) in [5.41, 5.74) is 0.997. The Morgan fingerprint density at radius 3 is 3.35 bits per heavy atom. The number of hydrogen-bond donors (Lipinski definition) is 1. The first-order valence-electron chi connectivity index (χ1n) is 7.51. The van der Waals surface area contributed by atoms with Gasteiger partial charge in [0.05, 0.1) is 19.6 Å². The molecule has 0 radical (unpaired) electrons. The molecule has 0 aliphatic carbocycles. The highest BCUT2D eigenvalue weighted by molar-refractivity contribution is 8.16. The molecule has 2 aliphatic rings. The fourth-order valence-corrected chi connectivity index (χ4v) is 3.28. The van der Waals surface area contributed by atoms with Crippen LogP contribution in [0.15, 0.2) is 20.6 Å². The number of aliphatic imine (C=N–C) groups is 1. The number of carbonyl (C=O) groups excluding carboxylic acids is 1. The minimum absolute atomic E-state index is 0.0692. The molecule has 1 aromatic rings. The van der Waals surface area contributed by atoms with Crippen molar-refractivity contribution in [3.8, 4) is 0 Å². The summed E-state index contributed by atoms with van der Waals surface area (Å²) in [4.78, 5) is 22.8. The second-order valence-electron chi connectivity index (χ2n) is 5.20. The average molecular weight is 337 g/mol. The normalized spacial score (nSPS) is 16.8. The summed E-state index contributed by atoms with van der Waals surface area (Å²) in [6, 6.07) is 0. The summed E-state index contributed by atoms with van der Waals surface area (Å²) >= 11 is 1.58. The van der Waals surface area contributed by atoms with Crippen LogP contribution in [0.2, 0.25) is 0 Å². The lowest BCUT2D eigenvalue weighted by atomic mass is 10.2. The Morgan fingerprint density at radius 1 is 1.57 bits per heavy atom. The number of thioether (sulfide) groups is 1. The number of nitrogens with zero attached hydrogens (tertiary/aromatic N) is 4. The van der Waals surface area contributed by atoms with Crippen molar-refractivity contribution in [1.82, 2.24) is 20.4 Å². The summed E-state index contributed by atoms with van der Waals surface area (Å²) in [5.74, 6) is 0.917. The van der Waals surface area contributed by atoms with Gasteiger partial charge in [0, 0.05) is 32.3 Å². The van der Waals surface area contributed by atoms with E-state index in [1.165, 1.54) is 0 Å². The maximum Gasteiger partial charge on any atom is 0.246 e. The summed E-state index contributed by atoms with van der Waals surface area (Å²) in [6.45, 7) is 2.57. The maximum absolute atomic E-state index is 12.1. The lowest BCUT2D eigenvalue weighted by Gasteiger charge is -2.25. The van der Waals surface area contributed by atoms with E-state index in [0.717, 1.165) is 30.4 Å². The third-order valence-corrected chi connectivity index (χ3v) is 4.43. The number of amidine groups is 1. The van der Waals surface area contributed by atoms with Gasteiger partial charge in [0.15, 0.2) is 11.0 Å². The quantitative estimate of drug-likeness (QED) is 0.790. The van der Waals surface area contributed by atoms with E-state index in [9.17, 15) is 4.79 Å². The fraction of sp³-hybridized carbons (Fsp3) is 0.571. The molecule has 0 unspecified atom stereocenters. The molecule has 0 aromatic carbocycles. The largest absolute Gasteiger partial charge is 0.384 e. The molecule has 0 spiro atoms. The Kier molecular flexibility index (Phi) is 5.29. The molecule has 2 aliphatic heterocycles. The topological polar surface area (TPSA) is 92.9 Å². The maximum atomic E-state index is 12.1. The molecule has 3 heterocycles. The first-order valence-corrected chi connectivity index (χ1v) is 8.39. The van der Waals surface area contributed by atoms with Crippen LogP contribution in [0.1, 0.15) is 24.6 Å². The molecule has 0 atom stereocenters. The van der Waals surface area contributed by atoms with Crippen LogP contribution in [-0.4, -0.2) is 52.9 Å². The van der Waals surface area contributed by atoms with Crippen molar-refractivity contribution in [3.63, 3.8) is 0 Å². The third-order valence-electron chi connectivity index (χ3n) is 3.48. The number of nitrogens with one attached hydrogen (secondary N) is 1. The van der Waals surface area contributed by atoms with E-state index in [-0.39, 0.29) is 12.5 Å². The molecular formula is C14H19N5O3S. The van der Waals surface area contributed by atoms with Crippen LogP contribution in [0.3, 0.4) is 0 Å². The van der Waals surface area contributed by atoms with E-state index in [0.29, 0.717) is 31.2 Å². The van der Waals surface area contributed by atoms with Crippen molar-refractivity contribution in [2.75, 3.05) is 26.8 Å². The molecule has 1 amide bonds. The molecule has 0 bridgehead atoms. The average Bonchev–Trinajstić information content (AvgIpc) is 3.18. The van der Waals surface area contributed by atoms with Crippen molar-refractivity contribution < 1.29 is 14.1 Å². The highest BCUT2D eigenvalue weighted by atomic mass is 32.2. The van der Waals surface area contributed by atoms with Crippen molar-refractivity contribution in [3.05, 3.63) is 22.8 Å². The fourth-order valence-electron chi connectivity index (χ4n) is 2.33. The summed E-state index contributed by atoms with van der Waals surface area (Å²) in [5, 5.41) is 9.64. The van der Waals surface area contributed by atoms with Gasteiger partial charge < -0.3 is 19.5 Å². The highest BCUT2D eigenvalue weighted by Crippen LogP contribution is 2.30. The number of carbonyl (C=O) groups is 1. The van der Waals surface area contributed by atoms with Crippen molar-refractivity contribution in [2.45, 2.75) is 25.8 Å². The van der Waals surface area contributed by atoms with Crippen molar-refractivity contribution >= 4 is 22.8 Å². The second-order valence-corrected chi connectivity index (χ2v) is 6.03. The molecule has 0 saturated heterocycles. The van der Waals surface area contributed by atoms with E-state index in [1.807, 2.05) is 5.41 Å². The Labute approximate surface area is 138 Å². The zero-order valence-corrected chi connectivity index (χ0v) is 13.8. The van der Waals surface area contributed by atoms with Gasteiger partial charge in [-0.1, -0.05) is 16.9 Å². The van der Waals surface area contributed by atoms with Crippen LogP contribution in [0.25, 0.3) is 0 Å². The van der Waals surface area contributed by atoms with Gasteiger partial charge in [-0.05, 0) is 11.8 Å². The summed E-state index contributed by atoms with van der Waals surface area (Å²) in [7, 11) is 1.62. The van der Waals surface area contributed by atoms with Gasteiger partial charge in [0.25, 0.3) is 0 Å². The monoisotopic (exact) mass is 337 g/mol. The molecule has 1 N–H and O–H groups in total. The molecule has 1 aromatic heterocycles. The summed E-state index contributed by atoms with van der Waals surface area (Å²) in [6.07, 6.45) is 1.95. The predicted octanol–water partition coefficient (Wildman–Crippen LogP) is 0.915. The first kappa shape index (κ1) is 16.0. The van der Waals surface area contributed by atoms with E-state index < -0.39 is 0 Å². The highest BCUT2D eigenvalue weighted by Gasteiger charge is 2.26. The summed E-state index contributed by atoms with van der Waals surface area (Å²) < 4.78 is 10.0. The van der Waals surface area contributed by atoms with E-state index in [4.69, 9.17) is 9.26 Å².